The van der Waals surface area contributed by atoms with Crippen molar-refractivity contribution in [3.63, 3.8) is 0 Å². The third-order valence-corrected chi connectivity index (χ3v) is 5.65. The van der Waals surface area contributed by atoms with Crippen LogP contribution < -0.4 is 0 Å². The van der Waals surface area contributed by atoms with Crippen molar-refractivity contribution in [2.45, 2.75) is 19.5 Å². The molecule has 0 spiro atoms. The van der Waals surface area contributed by atoms with Crippen LogP contribution in [0.5, 0.6) is 0 Å². The number of benzene rings is 2. The third kappa shape index (κ3) is 3.34. The summed E-state index contributed by atoms with van der Waals surface area (Å²) in [5.41, 5.74) is 4.82. The largest absolute Gasteiger partial charge is 0.464 e. The maximum Gasteiger partial charge on any atom is 0.254 e. The minimum atomic E-state index is -0.0439. The standard InChI is InChI=1S/C24H22N2O3.ClH/c1-25(2)14-17-11-16-13-26(10-9-22(16)29-17)24(28)15-7-8-19-18-5-3-4-6-20(18)23(27)21(19)12-15;/h3-8,11-12H,9-10,13-14H2,1-2H3;1H. The Morgan fingerprint density at radius 1 is 1.03 bits per heavy atom. The first kappa shape index (κ1) is 20.4. The zero-order valence-corrected chi connectivity index (χ0v) is 17.8. The lowest BCUT2D eigenvalue weighted by Gasteiger charge is -2.26. The number of nitrogens with zero attached hydrogens (tertiary/aromatic N) is 2. The summed E-state index contributed by atoms with van der Waals surface area (Å²) < 4.78 is 5.94. The zero-order valence-electron chi connectivity index (χ0n) is 17.0. The monoisotopic (exact) mass is 422 g/mol. The molecule has 6 heteroatoms. The third-order valence-electron chi connectivity index (χ3n) is 5.65. The first-order valence-corrected chi connectivity index (χ1v) is 9.84. The quantitative estimate of drug-likeness (QED) is 0.497. The van der Waals surface area contributed by atoms with Crippen LogP contribution in [0.3, 0.4) is 0 Å². The fourth-order valence-corrected chi connectivity index (χ4v) is 4.30. The molecule has 2 aromatic carbocycles. The first-order valence-electron chi connectivity index (χ1n) is 9.84. The van der Waals surface area contributed by atoms with E-state index in [-0.39, 0.29) is 24.1 Å². The molecule has 1 aromatic heterocycles. The molecule has 0 unspecified atom stereocenters. The lowest BCUT2D eigenvalue weighted by Crippen LogP contribution is -2.35. The van der Waals surface area contributed by atoms with Crippen molar-refractivity contribution in [1.29, 1.82) is 0 Å². The topological polar surface area (TPSA) is 53.8 Å². The second-order valence-corrected chi connectivity index (χ2v) is 8.01. The number of ketones is 1. The van der Waals surface area contributed by atoms with Gasteiger partial charge in [0, 0.05) is 41.8 Å². The molecular weight excluding hydrogens is 400 g/mol. The van der Waals surface area contributed by atoms with E-state index >= 15 is 0 Å². The van der Waals surface area contributed by atoms with Gasteiger partial charge in [-0.2, -0.15) is 0 Å². The minimum Gasteiger partial charge on any atom is -0.464 e. The number of furan rings is 1. The molecule has 154 valence electrons. The van der Waals surface area contributed by atoms with E-state index in [1.54, 1.807) is 6.07 Å². The molecule has 0 saturated carbocycles. The average molecular weight is 423 g/mol. The Hall–Kier alpha value is -2.89. The molecule has 0 fully saturated rings. The molecule has 3 aromatic rings. The molecule has 0 N–H and O–H groups in total. The summed E-state index contributed by atoms with van der Waals surface area (Å²) in [7, 11) is 4.01. The predicted molar refractivity (Wildman–Crippen MR) is 117 cm³/mol. The Balaban J connectivity index is 0.00000218. The van der Waals surface area contributed by atoms with E-state index in [4.69, 9.17) is 4.42 Å². The average Bonchev–Trinajstić information content (AvgIpc) is 3.24. The second-order valence-electron chi connectivity index (χ2n) is 8.01. The zero-order chi connectivity index (χ0) is 20.1. The van der Waals surface area contributed by atoms with Crippen LogP contribution in [0.1, 0.15) is 43.4 Å². The molecule has 0 radical (unpaired) electrons. The maximum absolute atomic E-state index is 13.1. The summed E-state index contributed by atoms with van der Waals surface area (Å²) in [5, 5.41) is 0. The van der Waals surface area contributed by atoms with E-state index < -0.39 is 0 Å². The van der Waals surface area contributed by atoms with Crippen LogP contribution in [0.25, 0.3) is 11.1 Å². The van der Waals surface area contributed by atoms with Gasteiger partial charge in [0.25, 0.3) is 5.91 Å². The van der Waals surface area contributed by atoms with Gasteiger partial charge >= 0.3 is 0 Å². The van der Waals surface area contributed by atoms with Gasteiger partial charge in [-0.05, 0) is 43.4 Å². The number of hydrogen-bond donors (Lipinski definition) is 0. The number of halogens is 1. The highest BCUT2D eigenvalue weighted by atomic mass is 35.5. The van der Waals surface area contributed by atoms with Crippen LogP contribution in [0, 0.1) is 0 Å². The van der Waals surface area contributed by atoms with Crippen molar-refractivity contribution in [3.8, 4) is 11.1 Å². The summed E-state index contributed by atoms with van der Waals surface area (Å²) >= 11 is 0. The second kappa shape index (κ2) is 7.74. The Labute approximate surface area is 181 Å². The van der Waals surface area contributed by atoms with Gasteiger partial charge in [-0.3, -0.25) is 9.59 Å². The number of hydrogen-bond acceptors (Lipinski definition) is 4. The molecule has 2 aliphatic rings. The van der Waals surface area contributed by atoms with Crippen molar-refractivity contribution >= 4 is 24.1 Å². The van der Waals surface area contributed by atoms with Gasteiger partial charge in [-0.25, -0.2) is 0 Å². The van der Waals surface area contributed by atoms with Gasteiger partial charge < -0.3 is 14.2 Å². The number of carbonyl (C=O) groups is 2. The van der Waals surface area contributed by atoms with Gasteiger partial charge in [0.1, 0.15) is 11.5 Å². The van der Waals surface area contributed by atoms with Gasteiger partial charge in [-0.15, -0.1) is 12.4 Å². The molecule has 2 heterocycles. The SMILES string of the molecule is CN(C)Cc1cc2c(o1)CCN(C(=O)c1ccc3c(c1)C(=O)c1ccccc1-3)C2.Cl. The van der Waals surface area contributed by atoms with Gasteiger partial charge in [0.05, 0.1) is 6.54 Å². The van der Waals surface area contributed by atoms with E-state index in [9.17, 15) is 9.59 Å². The predicted octanol–water partition coefficient (Wildman–Crippen LogP) is 4.17. The van der Waals surface area contributed by atoms with Crippen molar-refractivity contribution in [2.24, 2.45) is 0 Å². The summed E-state index contributed by atoms with van der Waals surface area (Å²) in [6, 6.07) is 15.1. The number of amides is 1. The van der Waals surface area contributed by atoms with E-state index in [1.165, 1.54) is 0 Å². The Bertz CT molecular complexity index is 1150. The molecular formula is C24H23ClN2O3. The van der Waals surface area contributed by atoms with Crippen LogP contribution in [-0.4, -0.2) is 42.1 Å². The number of fused-ring (bicyclic) bond motifs is 4. The molecule has 1 aliphatic carbocycles. The highest BCUT2D eigenvalue weighted by molar-refractivity contribution is 6.22. The van der Waals surface area contributed by atoms with Crippen LogP contribution >= 0.6 is 12.4 Å². The highest BCUT2D eigenvalue weighted by Gasteiger charge is 2.29. The Morgan fingerprint density at radius 2 is 1.77 bits per heavy atom. The minimum absolute atomic E-state index is 0. The molecule has 5 nitrogen and oxygen atoms in total. The maximum atomic E-state index is 13.1. The van der Waals surface area contributed by atoms with Crippen LogP contribution in [-0.2, 0) is 19.5 Å². The fraction of sp³-hybridized carbons (Fsp3) is 0.250. The van der Waals surface area contributed by atoms with Gasteiger partial charge in [-0.1, -0.05) is 30.3 Å². The summed E-state index contributed by atoms with van der Waals surface area (Å²) in [4.78, 5) is 29.8. The van der Waals surface area contributed by atoms with Crippen LogP contribution in [0.4, 0.5) is 0 Å². The highest BCUT2D eigenvalue weighted by Crippen LogP contribution is 2.37. The summed E-state index contributed by atoms with van der Waals surface area (Å²) in [5.74, 6) is 1.85. The molecule has 0 atom stereocenters. The molecule has 1 amide bonds. The summed E-state index contributed by atoms with van der Waals surface area (Å²) in [6.07, 6.45) is 0.712. The van der Waals surface area contributed by atoms with E-state index in [0.29, 0.717) is 36.2 Å². The van der Waals surface area contributed by atoms with Crippen molar-refractivity contribution < 1.29 is 14.0 Å². The Morgan fingerprint density at radius 3 is 2.53 bits per heavy atom. The normalized spacial score (nSPS) is 14.2. The fourth-order valence-electron chi connectivity index (χ4n) is 4.30. The Kier molecular flexibility index (Phi) is 5.26. The van der Waals surface area contributed by atoms with Crippen molar-refractivity contribution in [1.82, 2.24) is 9.80 Å². The van der Waals surface area contributed by atoms with Crippen LogP contribution in [0.2, 0.25) is 0 Å². The van der Waals surface area contributed by atoms with E-state index in [1.807, 2.05) is 55.4 Å². The molecule has 0 saturated heterocycles. The van der Waals surface area contributed by atoms with Crippen molar-refractivity contribution in [3.05, 3.63) is 82.3 Å². The summed E-state index contributed by atoms with van der Waals surface area (Å²) in [6.45, 7) is 1.90. The van der Waals surface area contributed by atoms with E-state index in [2.05, 4.69) is 11.0 Å². The lowest BCUT2D eigenvalue weighted by atomic mass is 10.0. The smallest absolute Gasteiger partial charge is 0.254 e. The van der Waals surface area contributed by atoms with Gasteiger partial charge in [0.2, 0.25) is 0 Å². The van der Waals surface area contributed by atoms with E-state index in [0.717, 1.165) is 34.8 Å². The molecule has 30 heavy (non-hydrogen) atoms. The molecule has 0 bridgehead atoms. The number of rotatable bonds is 3. The lowest BCUT2D eigenvalue weighted by molar-refractivity contribution is 0.0729. The molecule has 1 aliphatic heterocycles. The molecule has 5 rings (SSSR count). The van der Waals surface area contributed by atoms with Crippen molar-refractivity contribution in [2.75, 3.05) is 20.6 Å². The number of carbonyl (C=O) groups excluding carboxylic acids is 2. The van der Waals surface area contributed by atoms with Gasteiger partial charge in [0.15, 0.2) is 5.78 Å². The first-order chi connectivity index (χ1) is 14.0. The van der Waals surface area contributed by atoms with Crippen LogP contribution in [0.15, 0.2) is 52.9 Å².